The second kappa shape index (κ2) is 2.57. The van der Waals surface area contributed by atoms with Crippen LogP contribution >= 0.6 is 7.75 Å². The van der Waals surface area contributed by atoms with Crippen molar-refractivity contribution in [3.63, 3.8) is 0 Å². The van der Waals surface area contributed by atoms with Gasteiger partial charge in [0.25, 0.3) is 0 Å². The molecule has 0 heterocycles. The molecule has 0 spiro atoms. The first-order valence-electron chi connectivity index (χ1n) is 1.92. The van der Waals surface area contributed by atoms with Crippen molar-refractivity contribution < 1.29 is 14.4 Å². The van der Waals surface area contributed by atoms with E-state index in [0.29, 0.717) is 0 Å². The zero-order valence-electron chi connectivity index (χ0n) is 4.70. The summed E-state index contributed by atoms with van der Waals surface area (Å²) in [6, 6.07) is 0. The molecule has 0 amide bonds. The van der Waals surface area contributed by atoms with E-state index in [0.717, 1.165) is 0 Å². The van der Waals surface area contributed by atoms with Crippen molar-refractivity contribution in [1.82, 2.24) is 10.2 Å². The lowest BCUT2D eigenvalue weighted by Gasteiger charge is -2.11. The minimum atomic E-state index is -4.05. The molecule has 0 atom stereocenters. The van der Waals surface area contributed by atoms with Gasteiger partial charge in [-0.15, -0.1) is 0 Å². The molecule has 0 saturated heterocycles. The Morgan fingerprint density at radius 3 is 1.88 bits per heavy atom. The normalized spacial score (nSPS) is 12.6. The molecule has 0 saturated carbocycles. The maximum absolute atomic E-state index is 9.98. The molecule has 0 aromatic carbocycles. The summed E-state index contributed by atoms with van der Waals surface area (Å²) >= 11 is 0. The van der Waals surface area contributed by atoms with E-state index >= 15 is 0 Å². The minimum Gasteiger partial charge on any atom is -0.312 e. The van der Waals surface area contributed by atoms with Crippen LogP contribution in [0.2, 0.25) is 0 Å². The Balaban J connectivity index is 3.56. The second-order valence-electron chi connectivity index (χ2n) is 1.54. The predicted octanol–water partition coefficient (Wildman–Crippen LogP) is -0.855. The van der Waals surface area contributed by atoms with Gasteiger partial charge in [0.05, 0.1) is 0 Å². The number of nitrogens with one attached hydrogen (secondary N) is 1. The quantitative estimate of drug-likeness (QED) is 0.344. The Hall–Kier alpha value is 0.0700. The molecule has 0 aliphatic rings. The van der Waals surface area contributed by atoms with Gasteiger partial charge in [-0.3, -0.25) is 0 Å². The smallest absolute Gasteiger partial charge is 0.312 e. The molecule has 0 unspecified atom stereocenters. The van der Waals surface area contributed by atoms with Crippen LogP contribution in [0.25, 0.3) is 0 Å². The Morgan fingerprint density at radius 2 is 1.88 bits per heavy atom. The number of hydrazine groups is 1. The van der Waals surface area contributed by atoms with E-state index in [2.05, 4.69) is 0 Å². The van der Waals surface area contributed by atoms with Gasteiger partial charge >= 0.3 is 7.75 Å². The van der Waals surface area contributed by atoms with Crippen molar-refractivity contribution in [2.24, 2.45) is 0 Å². The summed E-state index contributed by atoms with van der Waals surface area (Å²) in [5, 5.41) is 3.08. The highest BCUT2D eigenvalue weighted by molar-refractivity contribution is 7.49. The molecule has 0 aliphatic heterocycles. The van der Waals surface area contributed by atoms with E-state index in [1.54, 1.807) is 0 Å². The molecule has 5 nitrogen and oxygen atoms in total. The fourth-order valence-electron chi connectivity index (χ4n) is 0.261. The molecule has 0 radical (unpaired) electrons. The molecule has 0 aromatic heterocycles. The zero-order valence-corrected chi connectivity index (χ0v) is 5.59. The fourth-order valence-corrected chi connectivity index (χ4v) is 0.782. The van der Waals surface area contributed by atoms with Gasteiger partial charge in [-0.1, -0.05) is 0 Å². The predicted molar refractivity (Wildman–Crippen MR) is 28.9 cm³/mol. The van der Waals surface area contributed by atoms with Crippen molar-refractivity contribution in [3.8, 4) is 0 Å². The van der Waals surface area contributed by atoms with Crippen molar-refractivity contribution in [2.75, 3.05) is 14.1 Å². The van der Waals surface area contributed by atoms with Crippen LogP contribution in [0, 0.1) is 0 Å². The SMILES string of the molecule is CN(C)NP(=O)(O)O. The highest BCUT2D eigenvalue weighted by Crippen LogP contribution is 2.27. The summed E-state index contributed by atoms with van der Waals surface area (Å²) in [6.45, 7) is 0. The van der Waals surface area contributed by atoms with E-state index in [-0.39, 0.29) is 0 Å². The zero-order chi connectivity index (χ0) is 6.78. The third-order valence-corrected chi connectivity index (χ3v) is 0.991. The molecule has 50 valence electrons. The summed E-state index contributed by atoms with van der Waals surface area (Å²) in [5.74, 6) is 0. The van der Waals surface area contributed by atoms with E-state index in [9.17, 15) is 4.57 Å². The lowest BCUT2D eigenvalue weighted by Crippen LogP contribution is -2.26. The van der Waals surface area contributed by atoms with E-state index in [1.807, 2.05) is 5.20 Å². The van der Waals surface area contributed by atoms with Gasteiger partial charge in [-0.05, 0) is 0 Å². The highest BCUT2D eigenvalue weighted by atomic mass is 31.2. The van der Waals surface area contributed by atoms with Crippen LogP contribution in [0.1, 0.15) is 0 Å². The first kappa shape index (κ1) is 8.07. The van der Waals surface area contributed by atoms with Gasteiger partial charge in [-0.25, -0.2) is 9.57 Å². The van der Waals surface area contributed by atoms with Crippen LogP contribution in [0.15, 0.2) is 0 Å². The Labute approximate surface area is 47.5 Å². The largest absolute Gasteiger partial charge is 0.413 e. The molecular weight excluding hydrogens is 131 g/mol. The highest BCUT2D eigenvalue weighted by Gasteiger charge is 2.11. The summed E-state index contributed by atoms with van der Waals surface area (Å²) in [7, 11) is -1.05. The van der Waals surface area contributed by atoms with Crippen LogP contribution in [0.3, 0.4) is 0 Å². The average molecular weight is 140 g/mol. The average Bonchev–Trinajstić information content (AvgIpc) is 1.21. The Kier molecular flexibility index (Phi) is 2.59. The molecule has 0 fully saturated rings. The standard InChI is InChI=1S/C2H9N2O3P/c1-4(2)3-8(5,6)7/h1-2H3,(H3,3,5,6,7). The maximum Gasteiger partial charge on any atom is 0.413 e. The molecule has 8 heavy (non-hydrogen) atoms. The monoisotopic (exact) mass is 140 g/mol. The fraction of sp³-hybridized carbons (Fsp3) is 1.00. The first-order valence-corrected chi connectivity index (χ1v) is 3.54. The van der Waals surface area contributed by atoms with Gasteiger partial charge in [0, 0.05) is 14.1 Å². The lowest BCUT2D eigenvalue weighted by atomic mass is 11.2. The summed E-state index contributed by atoms with van der Waals surface area (Å²) in [5.41, 5.74) is 0. The van der Waals surface area contributed by atoms with Gasteiger partial charge in [0.1, 0.15) is 0 Å². The molecule has 0 rings (SSSR count). The lowest BCUT2D eigenvalue weighted by molar-refractivity contribution is 0.280. The topological polar surface area (TPSA) is 72.8 Å². The Morgan fingerprint density at radius 1 is 1.50 bits per heavy atom. The number of hydrogen-bond acceptors (Lipinski definition) is 2. The Bertz CT molecular complexity index is 108. The van der Waals surface area contributed by atoms with Gasteiger partial charge in [0.15, 0.2) is 0 Å². The van der Waals surface area contributed by atoms with Crippen molar-refractivity contribution in [2.45, 2.75) is 0 Å². The number of nitrogens with zero attached hydrogens (tertiary/aromatic N) is 1. The summed E-state index contributed by atoms with van der Waals surface area (Å²) < 4.78 is 9.98. The van der Waals surface area contributed by atoms with E-state index in [4.69, 9.17) is 9.79 Å². The first-order chi connectivity index (χ1) is 3.42. The van der Waals surface area contributed by atoms with Crippen molar-refractivity contribution in [1.29, 1.82) is 0 Å². The van der Waals surface area contributed by atoms with Gasteiger partial charge in [0.2, 0.25) is 0 Å². The number of hydrogen-bond donors (Lipinski definition) is 3. The van der Waals surface area contributed by atoms with Gasteiger partial charge in [-0.2, -0.15) is 5.20 Å². The number of rotatable bonds is 2. The van der Waals surface area contributed by atoms with Crippen LogP contribution in [0.5, 0.6) is 0 Å². The maximum atomic E-state index is 9.98. The third-order valence-electron chi connectivity index (χ3n) is 0.330. The van der Waals surface area contributed by atoms with E-state index < -0.39 is 7.75 Å². The van der Waals surface area contributed by atoms with Crippen molar-refractivity contribution >= 4 is 7.75 Å². The van der Waals surface area contributed by atoms with E-state index in [1.165, 1.54) is 19.1 Å². The van der Waals surface area contributed by atoms with Crippen LogP contribution < -0.4 is 5.20 Å². The molecule has 3 N–H and O–H groups in total. The van der Waals surface area contributed by atoms with Gasteiger partial charge < -0.3 is 9.79 Å². The molecular formula is C2H9N2O3P. The summed E-state index contributed by atoms with van der Waals surface area (Å²) in [6.07, 6.45) is 0. The van der Waals surface area contributed by atoms with Crippen LogP contribution in [0.4, 0.5) is 0 Å². The third kappa shape index (κ3) is 6.07. The summed E-state index contributed by atoms with van der Waals surface area (Å²) in [4.78, 5) is 16.3. The van der Waals surface area contributed by atoms with Crippen LogP contribution in [-0.4, -0.2) is 28.9 Å². The molecule has 0 aromatic rings. The van der Waals surface area contributed by atoms with Crippen molar-refractivity contribution in [3.05, 3.63) is 0 Å². The molecule has 0 aliphatic carbocycles. The second-order valence-corrected chi connectivity index (χ2v) is 2.83. The minimum absolute atomic E-state index is 1.20. The van der Waals surface area contributed by atoms with Crippen LogP contribution in [-0.2, 0) is 4.57 Å². The molecule has 6 heteroatoms. The molecule has 0 bridgehead atoms.